The van der Waals surface area contributed by atoms with Gasteiger partial charge in [0.2, 0.25) is 0 Å². The topological polar surface area (TPSA) is 0 Å². The van der Waals surface area contributed by atoms with Gasteiger partial charge >= 0.3 is 11.8 Å². The van der Waals surface area contributed by atoms with Crippen molar-refractivity contribution in [3.8, 4) is 0 Å². The molecule has 0 aromatic heterocycles. The van der Waals surface area contributed by atoms with E-state index in [1.54, 1.807) is 0 Å². The Morgan fingerprint density at radius 1 is 0.607 bits per heavy atom. The third kappa shape index (κ3) is 4.89. The van der Waals surface area contributed by atoms with Crippen molar-refractivity contribution in [1.82, 2.24) is 0 Å². The third-order valence-corrected chi connectivity index (χ3v) is 7.46. The second-order valence-electron chi connectivity index (χ2n) is 12.6. The van der Waals surface area contributed by atoms with Crippen LogP contribution in [0.15, 0.2) is 0 Å². The first-order valence-corrected chi connectivity index (χ1v) is 10.9. The molecule has 1 aliphatic rings. The molecule has 2 atom stereocenters. The van der Waals surface area contributed by atoms with Crippen molar-refractivity contribution >= 4 is 0 Å². The summed E-state index contributed by atoms with van der Waals surface area (Å²) in [5.41, 5.74) is -3.54. The van der Waals surface area contributed by atoms with E-state index in [9.17, 15) is 8.78 Å². The van der Waals surface area contributed by atoms with Crippen LogP contribution in [-0.4, -0.2) is 11.8 Å². The van der Waals surface area contributed by atoms with Gasteiger partial charge in [0, 0.05) is 10.8 Å². The molecule has 0 amide bonds. The van der Waals surface area contributed by atoms with Crippen molar-refractivity contribution in [2.45, 2.75) is 120 Å². The number of alkyl halides is 4. The second kappa shape index (κ2) is 7.76. The van der Waals surface area contributed by atoms with E-state index in [1.165, 1.54) is 53.9 Å². The van der Waals surface area contributed by atoms with Gasteiger partial charge < -0.3 is 0 Å². The highest BCUT2D eigenvalue weighted by molar-refractivity contribution is 5.02. The summed E-state index contributed by atoms with van der Waals surface area (Å²) < 4.78 is 59.3. The lowest BCUT2D eigenvalue weighted by Gasteiger charge is -2.50. The minimum absolute atomic E-state index is 0.0893. The molecule has 0 bridgehead atoms. The second-order valence-corrected chi connectivity index (χ2v) is 12.6. The maximum atomic E-state index is 15.0. The molecule has 168 valence electrons. The maximum Gasteiger partial charge on any atom is 0.315 e. The van der Waals surface area contributed by atoms with Gasteiger partial charge in [0.15, 0.2) is 0 Å². The first-order valence-electron chi connectivity index (χ1n) is 10.9. The van der Waals surface area contributed by atoms with Crippen LogP contribution in [0.25, 0.3) is 0 Å². The molecule has 1 rings (SSSR count). The Labute approximate surface area is 171 Å². The predicted molar refractivity (Wildman–Crippen MR) is 111 cm³/mol. The van der Waals surface area contributed by atoms with Gasteiger partial charge in [-0.15, -0.1) is 0 Å². The Balaban J connectivity index is 3.04. The van der Waals surface area contributed by atoms with Crippen molar-refractivity contribution in [3.05, 3.63) is 0 Å². The Bertz CT molecular complexity index is 518. The molecular weight excluding hydrogens is 364 g/mol. The van der Waals surface area contributed by atoms with Crippen LogP contribution in [-0.2, 0) is 0 Å². The number of hydrogen-bond acceptors (Lipinski definition) is 0. The van der Waals surface area contributed by atoms with Gasteiger partial charge in [-0.1, -0.05) is 82.1 Å². The van der Waals surface area contributed by atoms with Crippen molar-refractivity contribution in [1.29, 1.82) is 0 Å². The molecule has 0 radical (unpaired) electrons. The SMILES string of the molecule is CC(C)(C)C1CCCCC1C(C)(C)CCC(C)(C)C(F)(F)C(F)(F)C(C)(C)C. The lowest BCUT2D eigenvalue weighted by atomic mass is 9.56. The van der Waals surface area contributed by atoms with E-state index in [4.69, 9.17) is 0 Å². The van der Waals surface area contributed by atoms with E-state index in [-0.39, 0.29) is 17.3 Å². The van der Waals surface area contributed by atoms with E-state index in [1.807, 2.05) is 0 Å². The smallest absolute Gasteiger partial charge is 0.199 e. The van der Waals surface area contributed by atoms with E-state index < -0.39 is 22.7 Å². The van der Waals surface area contributed by atoms with Crippen LogP contribution in [0.5, 0.6) is 0 Å². The average molecular weight is 409 g/mol. The van der Waals surface area contributed by atoms with E-state index in [2.05, 4.69) is 34.6 Å². The molecule has 0 saturated heterocycles. The standard InChI is InChI=1S/C24H44F4/c1-19(2,3)17-13-11-12-14-18(17)21(7,8)15-16-22(9,10)24(27,28)23(25,26)20(4,5)6/h17-18H,11-16H2,1-10H3. The number of rotatable bonds is 6. The Hall–Kier alpha value is -0.280. The number of hydrogen-bond donors (Lipinski definition) is 0. The van der Waals surface area contributed by atoms with Crippen molar-refractivity contribution in [2.24, 2.45) is 33.5 Å². The summed E-state index contributed by atoms with van der Waals surface area (Å²) in [4.78, 5) is 0. The van der Waals surface area contributed by atoms with E-state index >= 15 is 8.78 Å². The molecule has 0 aromatic carbocycles. The minimum atomic E-state index is -4.07. The highest BCUT2D eigenvalue weighted by Crippen LogP contribution is 2.58. The molecule has 0 nitrogen and oxygen atoms in total. The van der Waals surface area contributed by atoms with Crippen LogP contribution in [0.1, 0.15) is 108 Å². The van der Waals surface area contributed by atoms with E-state index in [0.29, 0.717) is 18.3 Å². The molecule has 1 saturated carbocycles. The molecule has 1 aliphatic carbocycles. The fourth-order valence-corrected chi connectivity index (χ4v) is 4.98. The van der Waals surface area contributed by atoms with Crippen LogP contribution < -0.4 is 0 Å². The molecule has 0 aliphatic heterocycles. The van der Waals surface area contributed by atoms with Gasteiger partial charge in [0.1, 0.15) is 0 Å². The van der Waals surface area contributed by atoms with Gasteiger partial charge in [-0.25, -0.2) is 0 Å². The van der Waals surface area contributed by atoms with Gasteiger partial charge in [-0.3, -0.25) is 0 Å². The number of halogens is 4. The molecular formula is C24H44F4. The van der Waals surface area contributed by atoms with Gasteiger partial charge in [0.25, 0.3) is 0 Å². The zero-order valence-corrected chi connectivity index (χ0v) is 19.9. The van der Waals surface area contributed by atoms with Gasteiger partial charge in [-0.05, 0) is 48.3 Å². The van der Waals surface area contributed by atoms with Crippen molar-refractivity contribution < 1.29 is 17.6 Å². The first-order chi connectivity index (χ1) is 12.2. The Kier molecular flexibility index (Phi) is 7.14. The normalized spacial score (nSPS) is 23.8. The van der Waals surface area contributed by atoms with Crippen LogP contribution in [0.4, 0.5) is 17.6 Å². The third-order valence-electron chi connectivity index (χ3n) is 7.46. The monoisotopic (exact) mass is 408 g/mol. The highest BCUT2D eigenvalue weighted by Gasteiger charge is 2.69. The van der Waals surface area contributed by atoms with Gasteiger partial charge in [0.05, 0.1) is 0 Å². The van der Waals surface area contributed by atoms with Crippen molar-refractivity contribution in [3.63, 3.8) is 0 Å². The lowest BCUT2D eigenvalue weighted by Crippen LogP contribution is -2.57. The largest absolute Gasteiger partial charge is 0.315 e. The quantitative estimate of drug-likeness (QED) is 0.385. The molecule has 0 spiro atoms. The fraction of sp³-hybridized carbons (Fsp3) is 1.00. The molecule has 0 aromatic rings. The molecule has 4 heteroatoms. The molecule has 28 heavy (non-hydrogen) atoms. The predicted octanol–water partition coefficient (Wildman–Crippen LogP) is 8.99. The molecule has 0 N–H and O–H groups in total. The Morgan fingerprint density at radius 3 is 1.43 bits per heavy atom. The maximum absolute atomic E-state index is 15.0. The molecule has 1 fully saturated rings. The van der Waals surface area contributed by atoms with Gasteiger partial charge in [-0.2, -0.15) is 17.6 Å². The van der Waals surface area contributed by atoms with Crippen LogP contribution in [0.2, 0.25) is 0 Å². The van der Waals surface area contributed by atoms with Crippen molar-refractivity contribution in [2.75, 3.05) is 0 Å². The zero-order valence-electron chi connectivity index (χ0n) is 19.9. The minimum Gasteiger partial charge on any atom is -0.199 e. The summed E-state index contributed by atoms with van der Waals surface area (Å²) in [5.74, 6) is -7.15. The summed E-state index contributed by atoms with van der Waals surface area (Å²) in [5, 5.41) is 0. The summed E-state index contributed by atoms with van der Waals surface area (Å²) in [7, 11) is 0. The summed E-state index contributed by atoms with van der Waals surface area (Å²) in [6.45, 7) is 17.3. The summed E-state index contributed by atoms with van der Waals surface area (Å²) in [6.07, 6.45) is 5.28. The molecule has 0 heterocycles. The highest BCUT2D eigenvalue weighted by atomic mass is 19.3. The van der Waals surface area contributed by atoms with Crippen LogP contribution in [0.3, 0.4) is 0 Å². The van der Waals surface area contributed by atoms with Crippen LogP contribution in [0, 0.1) is 33.5 Å². The fourth-order valence-electron chi connectivity index (χ4n) is 4.98. The zero-order chi connectivity index (χ0) is 22.4. The lowest BCUT2D eigenvalue weighted by molar-refractivity contribution is -0.301. The summed E-state index contributed by atoms with van der Waals surface area (Å²) >= 11 is 0. The summed E-state index contributed by atoms with van der Waals surface area (Å²) in [6, 6.07) is 0. The van der Waals surface area contributed by atoms with E-state index in [0.717, 1.165) is 6.42 Å². The first kappa shape index (κ1) is 25.8. The average Bonchev–Trinajstić information content (AvgIpc) is 2.51. The Morgan fingerprint density at radius 2 is 1.04 bits per heavy atom. The van der Waals surface area contributed by atoms with Crippen LogP contribution >= 0.6 is 0 Å². The molecule has 2 unspecified atom stereocenters.